The summed E-state index contributed by atoms with van der Waals surface area (Å²) >= 11 is 0. The van der Waals surface area contributed by atoms with E-state index in [-0.39, 0.29) is 11.6 Å². The van der Waals surface area contributed by atoms with E-state index in [1.54, 1.807) is 27.4 Å². The molecule has 1 aliphatic rings. The van der Waals surface area contributed by atoms with Crippen molar-refractivity contribution in [2.24, 2.45) is 0 Å². The molecule has 1 aromatic heterocycles. The van der Waals surface area contributed by atoms with Crippen molar-refractivity contribution in [1.29, 1.82) is 0 Å². The van der Waals surface area contributed by atoms with Crippen molar-refractivity contribution in [3.8, 4) is 11.5 Å². The molecule has 2 aromatic carbocycles. The molecule has 10 nitrogen and oxygen atoms in total. The Hall–Kier alpha value is -4.28. The number of carbonyl (C=O) groups is 2. The van der Waals surface area contributed by atoms with E-state index in [9.17, 15) is 9.59 Å². The third-order valence-corrected chi connectivity index (χ3v) is 6.01. The van der Waals surface area contributed by atoms with Crippen molar-refractivity contribution in [2.45, 2.75) is 0 Å². The number of nitrogens with zero attached hydrogens (tertiary/aromatic N) is 3. The molecule has 0 unspecified atom stereocenters. The lowest BCUT2D eigenvalue weighted by atomic mass is 9.94. The normalized spacial score (nSPS) is 13.0. The van der Waals surface area contributed by atoms with Gasteiger partial charge in [0, 0.05) is 61.8 Å². The highest BCUT2D eigenvalue weighted by atomic mass is 16.5. The summed E-state index contributed by atoms with van der Waals surface area (Å²) in [6.07, 6.45) is 5.40. The van der Waals surface area contributed by atoms with Crippen LogP contribution in [0.25, 0.3) is 16.5 Å². The van der Waals surface area contributed by atoms with E-state index < -0.39 is 0 Å². The second kappa shape index (κ2) is 12.3. The number of rotatable bonds is 12. The summed E-state index contributed by atoms with van der Waals surface area (Å²) in [5, 5.41) is 4.05. The Kier molecular flexibility index (Phi) is 8.67. The summed E-state index contributed by atoms with van der Waals surface area (Å²) in [4.78, 5) is 35.7. The average molecular weight is 519 g/mol. The van der Waals surface area contributed by atoms with Gasteiger partial charge in [0.05, 0.1) is 25.8 Å². The molecular weight excluding hydrogens is 488 g/mol. The number of methoxy groups -OCH3 is 3. The SMILES string of the molecule is COCCOc1cc2ncnc(Nc3ccc(N(C)CCOC)c(C4=CC(=O)C=CC4=O)c3)c2cc1OC. The van der Waals surface area contributed by atoms with Crippen LogP contribution in [0.5, 0.6) is 11.5 Å². The van der Waals surface area contributed by atoms with E-state index in [4.69, 9.17) is 18.9 Å². The lowest BCUT2D eigenvalue weighted by molar-refractivity contribution is -0.113. The Morgan fingerprint density at radius 1 is 0.921 bits per heavy atom. The van der Waals surface area contributed by atoms with Gasteiger partial charge in [-0.2, -0.15) is 0 Å². The number of likely N-dealkylation sites (N-methyl/N-ethyl adjacent to an activating group) is 1. The van der Waals surface area contributed by atoms with Crippen LogP contribution in [0, 0.1) is 0 Å². The molecule has 0 saturated carbocycles. The van der Waals surface area contributed by atoms with Crippen molar-refractivity contribution in [1.82, 2.24) is 9.97 Å². The lowest BCUT2D eigenvalue weighted by Crippen LogP contribution is -2.24. The largest absolute Gasteiger partial charge is 0.493 e. The molecule has 0 spiro atoms. The maximum atomic E-state index is 12.7. The smallest absolute Gasteiger partial charge is 0.186 e. The van der Waals surface area contributed by atoms with E-state index in [0.29, 0.717) is 66.0 Å². The second-order valence-electron chi connectivity index (χ2n) is 8.51. The zero-order valence-electron chi connectivity index (χ0n) is 21.8. The molecule has 0 amide bonds. The number of nitrogens with one attached hydrogen (secondary N) is 1. The van der Waals surface area contributed by atoms with Crippen molar-refractivity contribution in [3.05, 3.63) is 60.5 Å². The van der Waals surface area contributed by atoms with Gasteiger partial charge in [0.2, 0.25) is 0 Å². The molecule has 38 heavy (non-hydrogen) atoms. The van der Waals surface area contributed by atoms with Gasteiger partial charge in [-0.1, -0.05) is 0 Å². The Balaban J connectivity index is 1.73. The van der Waals surface area contributed by atoms with Crippen LogP contribution >= 0.6 is 0 Å². The van der Waals surface area contributed by atoms with Crippen molar-refractivity contribution in [3.63, 3.8) is 0 Å². The van der Waals surface area contributed by atoms with E-state index in [1.807, 2.05) is 36.2 Å². The first-order valence-electron chi connectivity index (χ1n) is 12.0. The number of hydrogen-bond donors (Lipinski definition) is 1. The van der Waals surface area contributed by atoms with Crippen LogP contribution < -0.4 is 19.7 Å². The second-order valence-corrected chi connectivity index (χ2v) is 8.51. The maximum Gasteiger partial charge on any atom is 0.186 e. The van der Waals surface area contributed by atoms with E-state index >= 15 is 0 Å². The molecule has 0 bridgehead atoms. The number of ketones is 2. The lowest BCUT2D eigenvalue weighted by Gasteiger charge is -2.24. The zero-order valence-corrected chi connectivity index (χ0v) is 21.8. The molecule has 1 heterocycles. The molecule has 10 heteroatoms. The number of hydrogen-bond acceptors (Lipinski definition) is 10. The predicted molar refractivity (Wildman–Crippen MR) is 145 cm³/mol. The molecule has 3 aromatic rings. The third-order valence-electron chi connectivity index (χ3n) is 6.01. The summed E-state index contributed by atoms with van der Waals surface area (Å²) in [5.41, 5.74) is 3.09. The van der Waals surface area contributed by atoms with Crippen molar-refractivity contribution < 1.29 is 28.5 Å². The summed E-state index contributed by atoms with van der Waals surface area (Å²) in [6.45, 7) is 1.92. The van der Waals surface area contributed by atoms with Gasteiger partial charge in [-0.15, -0.1) is 0 Å². The Bertz CT molecular complexity index is 1400. The predicted octanol–water partition coefficient (Wildman–Crippen LogP) is 3.58. The van der Waals surface area contributed by atoms with Gasteiger partial charge in [0.25, 0.3) is 0 Å². The highest BCUT2D eigenvalue weighted by Crippen LogP contribution is 2.36. The fourth-order valence-electron chi connectivity index (χ4n) is 4.04. The maximum absolute atomic E-state index is 12.7. The van der Waals surface area contributed by atoms with E-state index in [2.05, 4.69) is 15.3 Å². The number of carbonyl (C=O) groups excluding carboxylic acids is 2. The molecule has 1 aliphatic carbocycles. The molecule has 1 N–H and O–H groups in total. The summed E-state index contributed by atoms with van der Waals surface area (Å²) < 4.78 is 21.6. The van der Waals surface area contributed by atoms with Crippen LogP contribution in [-0.2, 0) is 19.1 Å². The minimum atomic E-state index is -0.235. The fourth-order valence-corrected chi connectivity index (χ4v) is 4.04. The number of anilines is 3. The fraction of sp³-hybridized carbons (Fsp3) is 0.286. The van der Waals surface area contributed by atoms with Gasteiger partial charge in [0.15, 0.2) is 23.1 Å². The van der Waals surface area contributed by atoms with Crippen LogP contribution in [0.3, 0.4) is 0 Å². The number of aromatic nitrogens is 2. The topological polar surface area (TPSA) is 112 Å². The van der Waals surface area contributed by atoms with Gasteiger partial charge >= 0.3 is 0 Å². The monoisotopic (exact) mass is 518 g/mol. The van der Waals surface area contributed by atoms with Crippen molar-refractivity contribution >= 4 is 45.2 Å². The molecule has 0 aliphatic heterocycles. The summed E-state index contributed by atoms with van der Waals surface area (Å²) in [6, 6.07) is 9.23. The van der Waals surface area contributed by atoms with Gasteiger partial charge < -0.3 is 29.2 Å². The van der Waals surface area contributed by atoms with Crippen molar-refractivity contribution in [2.75, 3.05) is 65.0 Å². The van der Waals surface area contributed by atoms with Gasteiger partial charge in [-0.05, 0) is 42.5 Å². The van der Waals surface area contributed by atoms with E-state index in [1.165, 1.54) is 24.6 Å². The van der Waals surface area contributed by atoms with Gasteiger partial charge in [-0.25, -0.2) is 9.97 Å². The molecule has 4 rings (SSSR count). The summed E-state index contributed by atoms with van der Waals surface area (Å²) in [7, 11) is 6.72. The van der Waals surface area contributed by atoms with E-state index in [0.717, 1.165) is 11.1 Å². The Morgan fingerprint density at radius 3 is 2.50 bits per heavy atom. The minimum absolute atomic E-state index is 0.235. The average Bonchev–Trinajstić information content (AvgIpc) is 2.93. The highest BCUT2D eigenvalue weighted by molar-refractivity contribution is 6.34. The standard InChI is InChI=1S/C28H30N4O6/c1-32(9-10-35-2)24-7-5-18(13-20(24)21-14-19(33)6-8-25(21)34)31-28-22-15-26(37-4)27(38-12-11-36-3)16-23(22)29-17-30-28/h5-8,13-17H,9-12H2,1-4H3,(H,29,30,31). The minimum Gasteiger partial charge on any atom is -0.493 e. The van der Waals surface area contributed by atoms with Gasteiger partial charge in [0.1, 0.15) is 18.8 Å². The number of benzene rings is 2. The number of ether oxygens (including phenoxy) is 4. The molecule has 0 fully saturated rings. The molecule has 0 saturated heterocycles. The Labute approximate surface area is 220 Å². The highest BCUT2D eigenvalue weighted by Gasteiger charge is 2.21. The third kappa shape index (κ3) is 5.99. The van der Waals surface area contributed by atoms with Crippen LogP contribution in [-0.4, -0.2) is 76.3 Å². The first kappa shape index (κ1) is 26.8. The first-order valence-corrected chi connectivity index (χ1v) is 12.0. The van der Waals surface area contributed by atoms with Crippen LogP contribution in [0.15, 0.2) is 54.9 Å². The first-order chi connectivity index (χ1) is 18.4. The quantitative estimate of drug-likeness (QED) is 0.282. The number of fused-ring (bicyclic) bond motifs is 1. The van der Waals surface area contributed by atoms with Gasteiger partial charge in [-0.3, -0.25) is 9.59 Å². The number of allylic oxidation sites excluding steroid dienone is 4. The summed E-state index contributed by atoms with van der Waals surface area (Å²) in [5.74, 6) is 1.16. The molecular formula is C28H30N4O6. The van der Waals surface area contributed by atoms with Crippen LogP contribution in [0.1, 0.15) is 5.56 Å². The molecule has 0 radical (unpaired) electrons. The Morgan fingerprint density at radius 2 is 1.74 bits per heavy atom. The van der Waals surface area contributed by atoms with Crippen LogP contribution in [0.2, 0.25) is 0 Å². The molecule has 0 atom stereocenters. The molecule has 198 valence electrons. The van der Waals surface area contributed by atoms with Crippen LogP contribution in [0.4, 0.5) is 17.2 Å². The zero-order chi connectivity index (χ0) is 27.1.